The van der Waals surface area contributed by atoms with Gasteiger partial charge in [-0.05, 0) is 72.4 Å². The lowest BCUT2D eigenvalue weighted by atomic mass is 9.85. The Balaban J connectivity index is 2.02. The summed E-state index contributed by atoms with van der Waals surface area (Å²) in [5.41, 5.74) is 0. The molecule has 0 radical (unpaired) electrons. The van der Waals surface area contributed by atoms with Gasteiger partial charge in [-0.2, -0.15) is 0 Å². The fourth-order valence-corrected chi connectivity index (χ4v) is 3.03. The van der Waals surface area contributed by atoms with Gasteiger partial charge in [0.05, 0.1) is 0 Å². The molecule has 16 heavy (non-hydrogen) atoms. The Bertz CT molecular complexity index is 337. The molecule has 0 heterocycles. The van der Waals surface area contributed by atoms with Crippen molar-refractivity contribution in [3.63, 3.8) is 0 Å². The van der Waals surface area contributed by atoms with E-state index in [-0.39, 0.29) is 0 Å². The Labute approximate surface area is 112 Å². The van der Waals surface area contributed by atoms with E-state index in [9.17, 15) is 0 Å². The van der Waals surface area contributed by atoms with Gasteiger partial charge in [-0.15, -0.1) is 0 Å². The first-order valence-electron chi connectivity index (χ1n) is 6.22. The fraction of sp³-hybridized carbons (Fsp3) is 0.571. The van der Waals surface area contributed by atoms with Crippen LogP contribution in [0.15, 0.2) is 24.3 Å². The highest BCUT2D eigenvalue weighted by Gasteiger charge is 2.25. The molecule has 1 fully saturated rings. The molecule has 1 aromatic rings. The van der Waals surface area contributed by atoms with E-state index in [1.165, 1.54) is 35.7 Å². The van der Waals surface area contributed by atoms with Gasteiger partial charge in [0.15, 0.2) is 0 Å². The number of ether oxygens (including phenoxy) is 1. The van der Waals surface area contributed by atoms with Crippen molar-refractivity contribution in [2.45, 2.75) is 45.1 Å². The average molecular weight is 330 g/mol. The summed E-state index contributed by atoms with van der Waals surface area (Å²) < 4.78 is 7.38. The Kier molecular flexibility index (Phi) is 4.50. The van der Waals surface area contributed by atoms with Crippen molar-refractivity contribution >= 4 is 22.6 Å². The van der Waals surface area contributed by atoms with Gasteiger partial charge in [-0.25, -0.2) is 0 Å². The summed E-state index contributed by atoms with van der Waals surface area (Å²) >= 11 is 2.33. The molecule has 1 aliphatic carbocycles. The van der Waals surface area contributed by atoms with Crippen LogP contribution in [0.25, 0.3) is 0 Å². The van der Waals surface area contributed by atoms with Crippen LogP contribution in [-0.2, 0) is 0 Å². The first-order chi connectivity index (χ1) is 7.79. The zero-order chi connectivity index (χ0) is 11.4. The van der Waals surface area contributed by atoms with Crippen LogP contribution in [0, 0.1) is 9.49 Å². The Morgan fingerprint density at radius 1 is 1.31 bits per heavy atom. The van der Waals surface area contributed by atoms with E-state index in [4.69, 9.17) is 4.74 Å². The van der Waals surface area contributed by atoms with Crippen molar-refractivity contribution < 1.29 is 4.74 Å². The zero-order valence-corrected chi connectivity index (χ0v) is 11.9. The molecule has 0 saturated heterocycles. The number of halogens is 1. The summed E-state index contributed by atoms with van der Waals surface area (Å²) in [6, 6.07) is 8.37. The maximum Gasteiger partial charge on any atom is 0.120 e. The molecule has 2 heteroatoms. The smallest absolute Gasteiger partial charge is 0.120 e. The summed E-state index contributed by atoms with van der Waals surface area (Å²) in [6.45, 7) is 2.28. The van der Waals surface area contributed by atoms with Crippen LogP contribution in [0.5, 0.6) is 5.75 Å². The number of rotatable bonds is 3. The molecule has 2 atom stereocenters. The second-order valence-electron chi connectivity index (χ2n) is 4.57. The zero-order valence-electron chi connectivity index (χ0n) is 9.79. The molecule has 0 spiro atoms. The Morgan fingerprint density at radius 3 is 2.88 bits per heavy atom. The van der Waals surface area contributed by atoms with Crippen LogP contribution in [0.4, 0.5) is 0 Å². The van der Waals surface area contributed by atoms with E-state index in [1.807, 2.05) is 0 Å². The fourth-order valence-electron chi connectivity index (χ4n) is 2.51. The van der Waals surface area contributed by atoms with Crippen molar-refractivity contribution in [1.29, 1.82) is 0 Å². The van der Waals surface area contributed by atoms with Crippen molar-refractivity contribution in [1.82, 2.24) is 0 Å². The van der Waals surface area contributed by atoms with E-state index >= 15 is 0 Å². The van der Waals surface area contributed by atoms with E-state index in [0.717, 1.165) is 11.7 Å². The number of hydrogen-bond acceptors (Lipinski definition) is 1. The molecule has 0 amide bonds. The predicted octanol–water partition coefficient (Wildman–Crippen LogP) is 4.64. The SMILES string of the molecule is CCC1CCCCC1Oc1cccc(I)c1. The minimum absolute atomic E-state index is 0.442. The third-order valence-electron chi connectivity index (χ3n) is 3.45. The van der Waals surface area contributed by atoms with E-state index in [0.29, 0.717) is 6.10 Å². The monoisotopic (exact) mass is 330 g/mol. The van der Waals surface area contributed by atoms with E-state index in [2.05, 4.69) is 53.8 Å². The molecule has 2 rings (SSSR count). The third kappa shape index (κ3) is 3.12. The molecule has 2 unspecified atom stereocenters. The second-order valence-corrected chi connectivity index (χ2v) is 5.81. The first-order valence-corrected chi connectivity index (χ1v) is 7.29. The first kappa shape index (κ1) is 12.2. The van der Waals surface area contributed by atoms with Gasteiger partial charge in [0.1, 0.15) is 11.9 Å². The van der Waals surface area contributed by atoms with Crippen molar-refractivity contribution in [3.05, 3.63) is 27.8 Å². The highest BCUT2D eigenvalue weighted by Crippen LogP contribution is 2.30. The van der Waals surface area contributed by atoms with E-state index in [1.54, 1.807) is 0 Å². The predicted molar refractivity (Wildman–Crippen MR) is 75.8 cm³/mol. The molecule has 0 N–H and O–H groups in total. The summed E-state index contributed by atoms with van der Waals surface area (Å²) in [7, 11) is 0. The molecular weight excluding hydrogens is 311 g/mol. The van der Waals surface area contributed by atoms with Crippen LogP contribution in [-0.4, -0.2) is 6.10 Å². The van der Waals surface area contributed by atoms with Crippen LogP contribution in [0.2, 0.25) is 0 Å². The molecule has 1 nitrogen and oxygen atoms in total. The van der Waals surface area contributed by atoms with Crippen LogP contribution >= 0.6 is 22.6 Å². The normalized spacial score (nSPS) is 25.4. The van der Waals surface area contributed by atoms with Crippen molar-refractivity contribution in [3.8, 4) is 5.75 Å². The third-order valence-corrected chi connectivity index (χ3v) is 4.12. The number of benzene rings is 1. The molecule has 0 aromatic heterocycles. The molecule has 1 aromatic carbocycles. The van der Waals surface area contributed by atoms with Gasteiger partial charge >= 0.3 is 0 Å². The molecule has 0 bridgehead atoms. The molecule has 1 aliphatic rings. The summed E-state index contributed by atoms with van der Waals surface area (Å²) in [4.78, 5) is 0. The standard InChI is InChI=1S/C14H19IO/c1-2-11-6-3-4-9-14(11)16-13-8-5-7-12(15)10-13/h5,7-8,10-11,14H,2-4,6,9H2,1H3. The van der Waals surface area contributed by atoms with E-state index < -0.39 is 0 Å². The maximum atomic E-state index is 6.13. The molecular formula is C14H19IO. The molecule has 88 valence electrons. The van der Waals surface area contributed by atoms with Gasteiger partial charge in [0.25, 0.3) is 0 Å². The topological polar surface area (TPSA) is 9.23 Å². The lowest BCUT2D eigenvalue weighted by molar-refractivity contribution is 0.0903. The highest BCUT2D eigenvalue weighted by molar-refractivity contribution is 14.1. The van der Waals surface area contributed by atoms with Gasteiger partial charge < -0.3 is 4.74 Å². The van der Waals surface area contributed by atoms with Gasteiger partial charge in [0.2, 0.25) is 0 Å². The van der Waals surface area contributed by atoms with Crippen LogP contribution < -0.4 is 4.74 Å². The number of hydrogen-bond donors (Lipinski definition) is 0. The Hall–Kier alpha value is -0.250. The average Bonchev–Trinajstić information content (AvgIpc) is 2.30. The summed E-state index contributed by atoms with van der Waals surface area (Å²) in [5, 5.41) is 0. The lowest BCUT2D eigenvalue weighted by Gasteiger charge is -2.31. The largest absolute Gasteiger partial charge is 0.490 e. The minimum atomic E-state index is 0.442. The molecule has 0 aliphatic heterocycles. The van der Waals surface area contributed by atoms with Crippen LogP contribution in [0.1, 0.15) is 39.0 Å². The van der Waals surface area contributed by atoms with Crippen molar-refractivity contribution in [2.75, 3.05) is 0 Å². The summed E-state index contributed by atoms with van der Waals surface area (Å²) in [5.74, 6) is 1.80. The minimum Gasteiger partial charge on any atom is -0.490 e. The van der Waals surface area contributed by atoms with Crippen molar-refractivity contribution in [2.24, 2.45) is 5.92 Å². The van der Waals surface area contributed by atoms with Crippen LogP contribution in [0.3, 0.4) is 0 Å². The quantitative estimate of drug-likeness (QED) is 0.734. The molecule has 1 saturated carbocycles. The highest BCUT2D eigenvalue weighted by atomic mass is 127. The summed E-state index contributed by atoms with van der Waals surface area (Å²) in [6.07, 6.45) is 6.95. The maximum absolute atomic E-state index is 6.13. The second kappa shape index (κ2) is 5.89. The lowest BCUT2D eigenvalue weighted by Crippen LogP contribution is -2.29. The van der Waals surface area contributed by atoms with Gasteiger partial charge in [0, 0.05) is 3.57 Å². The van der Waals surface area contributed by atoms with Gasteiger partial charge in [-0.1, -0.05) is 19.4 Å². The van der Waals surface area contributed by atoms with Gasteiger partial charge in [-0.3, -0.25) is 0 Å². The Morgan fingerprint density at radius 2 is 2.12 bits per heavy atom.